The van der Waals surface area contributed by atoms with Crippen LogP contribution in [0, 0.1) is 17.3 Å². The van der Waals surface area contributed by atoms with Crippen LogP contribution >= 0.6 is 0 Å². The summed E-state index contributed by atoms with van der Waals surface area (Å²) in [4.78, 5) is 12.3. The molecule has 3 atom stereocenters. The van der Waals surface area contributed by atoms with Crippen molar-refractivity contribution in [1.82, 2.24) is 5.43 Å². The number of nitrogens with one attached hydrogen (secondary N) is 1. The zero-order valence-electron chi connectivity index (χ0n) is 14.0. The Morgan fingerprint density at radius 3 is 2.74 bits per heavy atom. The molecule has 124 valence electrons. The summed E-state index contributed by atoms with van der Waals surface area (Å²) in [6, 6.07) is 5.51. The van der Waals surface area contributed by atoms with E-state index in [0.717, 1.165) is 12.0 Å². The minimum atomic E-state index is 0.0520. The van der Waals surface area contributed by atoms with Gasteiger partial charge in [-0.3, -0.25) is 4.79 Å². The van der Waals surface area contributed by atoms with E-state index in [1.807, 2.05) is 18.2 Å². The summed E-state index contributed by atoms with van der Waals surface area (Å²) in [5.74, 6) is 2.04. The molecule has 1 amide bonds. The molecule has 0 radical (unpaired) electrons. The van der Waals surface area contributed by atoms with Crippen LogP contribution < -0.4 is 14.9 Å². The van der Waals surface area contributed by atoms with Crippen LogP contribution in [0.2, 0.25) is 0 Å². The summed E-state index contributed by atoms with van der Waals surface area (Å²) >= 11 is 0. The number of benzene rings is 1. The van der Waals surface area contributed by atoms with Gasteiger partial charge in [0, 0.05) is 5.92 Å². The molecule has 0 heterocycles. The van der Waals surface area contributed by atoms with Crippen molar-refractivity contribution in [3.05, 3.63) is 23.8 Å². The number of hydrogen-bond donors (Lipinski definition) is 1. The normalized spacial score (nSPS) is 29.0. The molecule has 0 unspecified atom stereocenters. The second-order valence-electron chi connectivity index (χ2n) is 6.68. The lowest BCUT2D eigenvalue weighted by molar-refractivity contribution is -0.123. The zero-order valence-corrected chi connectivity index (χ0v) is 14.0. The van der Waals surface area contributed by atoms with E-state index in [0.29, 0.717) is 17.4 Å². The van der Waals surface area contributed by atoms with Gasteiger partial charge in [0.1, 0.15) is 0 Å². The maximum Gasteiger partial charge on any atom is 0.244 e. The Balaban J connectivity index is 1.60. The lowest BCUT2D eigenvalue weighted by Gasteiger charge is -2.15. The Labute approximate surface area is 137 Å². The molecule has 1 aromatic rings. The van der Waals surface area contributed by atoms with Crippen LogP contribution in [-0.2, 0) is 4.79 Å². The summed E-state index contributed by atoms with van der Waals surface area (Å²) in [5, 5.41) is 4.10. The first-order valence-corrected chi connectivity index (χ1v) is 8.15. The molecule has 0 aliphatic heterocycles. The van der Waals surface area contributed by atoms with Crippen molar-refractivity contribution in [2.24, 2.45) is 22.4 Å². The molecule has 0 aromatic heterocycles. The van der Waals surface area contributed by atoms with Gasteiger partial charge >= 0.3 is 0 Å². The maximum absolute atomic E-state index is 12.3. The summed E-state index contributed by atoms with van der Waals surface area (Å²) in [7, 11) is 3.19. The Bertz CT molecular complexity index is 629. The fraction of sp³-hybridized carbons (Fsp3) is 0.556. The number of amides is 1. The van der Waals surface area contributed by atoms with Gasteiger partial charge in [0.2, 0.25) is 5.91 Å². The van der Waals surface area contributed by atoms with E-state index in [1.165, 1.54) is 19.3 Å². The number of hydrogen-bond acceptors (Lipinski definition) is 4. The van der Waals surface area contributed by atoms with Gasteiger partial charge in [-0.05, 0) is 47.9 Å². The molecule has 2 aliphatic carbocycles. The van der Waals surface area contributed by atoms with Crippen LogP contribution in [0.4, 0.5) is 0 Å². The zero-order chi connectivity index (χ0) is 16.4. The Morgan fingerprint density at radius 1 is 1.30 bits per heavy atom. The van der Waals surface area contributed by atoms with Crippen molar-refractivity contribution in [3.63, 3.8) is 0 Å². The number of carbonyl (C=O) groups is 1. The average molecular weight is 316 g/mol. The van der Waals surface area contributed by atoms with Gasteiger partial charge in [-0.15, -0.1) is 0 Å². The topological polar surface area (TPSA) is 59.9 Å². The predicted molar refractivity (Wildman–Crippen MR) is 88.8 cm³/mol. The number of methoxy groups -OCH3 is 2. The minimum Gasteiger partial charge on any atom is -0.493 e. The third-order valence-electron chi connectivity index (χ3n) is 5.41. The molecule has 5 nitrogen and oxygen atoms in total. The highest BCUT2D eigenvalue weighted by Crippen LogP contribution is 2.66. The fourth-order valence-electron chi connectivity index (χ4n) is 4.02. The van der Waals surface area contributed by atoms with Crippen LogP contribution in [0.3, 0.4) is 0 Å². The lowest BCUT2D eigenvalue weighted by Crippen LogP contribution is -2.22. The van der Waals surface area contributed by atoms with E-state index in [4.69, 9.17) is 9.47 Å². The van der Waals surface area contributed by atoms with Crippen molar-refractivity contribution >= 4 is 12.1 Å². The van der Waals surface area contributed by atoms with Crippen molar-refractivity contribution < 1.29 is 14.3 Å². The monoisotopic (exact) mass is 316 g/mol. The first-order chi connectivity index (χ1) is 11.1. The first-order valence-electron chi connectivity index (χ1n) is 8.15. The maximum atomic E-state index is 12.3. The van der Waals surface area contributed by atoms with Crippen LogP contribution in [0.1, 0.15) is 38.2 Å². The SMILES string of the molecule is COc1ccc(/C=N/NC(=O)[C@@H]2[C@H]3CCCC[C@]32C)cc1OC. The first kappa shape index (κ1) is 15.8. The molecular weight excluding hydrogens is 292 g/mol. The molecule has 2 aliphatic rings. The average Bonchev–Trinajstić information content (AvgIpc) is 3.20. The second kappa shape index (κ2) is 6.22. The summed E-state index contributed by atoms with van der Waals surface area (Å²) in [6.07, 6.45) is 6.46. The highest BCUT2D eigenvalue weighted by molar-refractivity contribution is 5.86. The molecule has 23 heavy (non-hydrogen) atoms. The largest absolute Gasteiger partial charge is 0.493 e. The number of carbonyl (C=O) groups excluding carboxylic acids is 1. The highest BCUT2D eigenvalue weighted by atomic mass is 16.5. The third kappa shape index (κ3) is 2.92. The summed E-state index contributed by atoms with van der Waals surface area (Å²) < 4.78 is 10.5. The van der Waals surface area contributed by atoms with Crippen LogP contribution in [0.5, 0.6) is 11.5 Å². The van der Waals surface area contributed by atoms with Crippen molar-refractivity contribution in [2.45, 2.75) is 32.6 Å². The van der Waals surface area contributed by atoms with Gasteiger partial charge in [0.25, 0.3) is 0 Å². The summed E-state index contributed by atoms with van der Waals surface area (Å²) in [6.45, 7) is 2.24. The Hall–Kier alpha value is -2.04. The fourth-order valence-corrected chi connectivity index (χ4v) is 4.02. The third-order valence-corrected chi connectivity index (χ3v) is 5.41. The van der Waals surface area contributed by atoms with Gasteiger partial charge in [0.05, 0.1) is 20.4 Å². The second-order valence-corrected chi connectivity index (χ2v) is 6.68. The number of nitrogens with zero attached hydrogens (tertiary/aromatic N) is 1. The molecule has 0 saturated heterocycles. The van der Waals surface area contributed by atoms with E-state index in [2.05, 4.69) is 17.5 Å². The Kier molecular flexibility index (Phi) is 4.28. The number of rotatable bonds is 5. The predicted octanol–water partition coefficient (Wildman–Crippen LogP) is 2.98. The van der Waals surface area contributed by atoms with Gasteiger partial charge in [-0.1, -0.05) is 19.8 Å². The van der Waals surface area contributed by atoms with E-state index in [9.17, 15) is 4.79 Å². The van der Waals surface area contributed by atoms with Crippen LogP contribution in [-0.4, -0.2) is 26.3 Å². The number of hydrazone groups is 1. The number of fused-ring (bicyclic) bond motifs is 1. The molecule has 1 aromatic carbocycles. The van der Waals surface area contributed by atoms with Gasteiger partial charge in [0.15, 0.2) is 11.5 Å². The van der Waals surface area contributed by atoms with E-state index in [-0.39, 0.29) is 17.2 Å². The molecule has 2 saturated carbocycles. The Morgan fingerprint density at radius 2 is 2.09 bits per heavy atom. The van der Waals surface area contributed by atoms with Gasteiger partial charge < -0.3 is 9.47 Å². The smallest absolute Gasteiger partial charge is 0.244 e. The standard InChI is InChI=1S/C18H24N2O3/c1-18-9-5-4-6-13(18)16(18)17(21)20-19-11-12-7-8-14(22-2)15(10-12)23-3/h7-8,10-11,13,16H,4-6,9H2,1-3H3,(H,20,21)/b19-11+/t13-,16+,18-/m1/s1. The molecule has 1 N–H and O–H groups in total. The highest BCUT2D eigenvalue weighted by Gasteiger charge is 2.64. The molecule has 5 heteroatoms. The lowest BCUT2D eigenvalue weighted by atomic mass is 9.90. The van der Waals surface area contributed by atoms with Crippen molar-refractivity contribution in [2.75, 3.05) is 14.2 Å². The quantitative estimate of drug-likeness (QED) is 0.671. The minimum absolute atomic E-state index is 0.0520. The molecule has 0 spiro atoms. The molecular formula is C18H24N2O3. The summed E-state index contributed by atoms with van der Waals surface area (Å²) in [5.41, 5.74) is 3.76. The van der Waals surface area contributed by atoms with Gasteiger partial charge in [-0.2, -0.15) is 5.10 Å². The van der Waals surface area contributed by atoms with E-state index < -0.39 is 0 Å². The van der Waals surface area contributed by atoms with Crippen LogP contribution in [0.25, 0.3) is 0 Å². The molecule has 3 rings (SSSR count). The van der Waals surface area contributed by atoms with Crippen molar-refractivity contribution in [3.8, 4) is 11.5 Å². The molecule has 0 bridgehead atoms. The van der Waals surface area contributed by atoms with Crippen LogP contribution in [0.15, 0.2) is 23.3 Å². The molecule has 2 fully saturated rings. The van der Waals surface area contributed by atoms with E-state index >= 15 is 0 Å². The number of ether oxygens (including phenoxy) is 2. The van der Waals surface area contributed by atoms with Gasteiger partial charge in [-0.25, -0.2) is 5.43 Å². The van der Waals surface area contributed by atoms with E-state index in [1.54, 1.807) is 20.4 Å². The van der Waals surface area contributed by atoms with Crippen molar-refractivity contribution in [1.29, 1.82) is 0 Å².